The van der Waals surface area contributed by atoms with Gasteiger partial charge in [0.25, 0.3) is 0 Å². The Morgan fingerprint density at radius 1 is 1.13 bits per heavy atom. The Hall–Kier alpha value is -3.88. The number of benzene rings is 1. The van der Waals surface area contributed by atoms with Crippen molar-refractivity contribution in [1.29, 1.82) is 0 Å². The molecule has 8 nitrogen and oxygen atoms in total. The van der Waals surface area contributed by atoms with E-state index in [0.717, 1.165) is 16.7 Å². The number of nitrogens with zero attached hydrogens (tertiary/aromatic N) is 4. The SMILES string of the molecule is Cc1nc(O)ccc1-c1cc2c(n3cnnc13)NCc1c(F)ccc3c1C(CO3)CO2. The normalized spacial score (nSPS) is 16.9. The van der Waals surface area contributed by atoms with Crippen molar-refractivity contribution in [2.24, 2.45) is 0 Å². The van der Waals surface area contributed by atoms with Crippen molar-refractivity contribution in [3.63, 3.8) is 0 Å². The summed E-state index contributed by atoms with van der Waals surface area (Å²) in [5, 5.41) is 21.4. The number of pyridine rings is 2. The summed E-state index contributed by atoms with van der Waals surface area (Å²) >= 11 is 0. The monoisotopic (exact) mass is 419 g/mol. The second-order valence-electron chi connectivity index (χ2n) is 7.71. The van der Waals surface area contributed by atoms with Crippen LogP contribution in [-0.2, 0) is 6.54 Å². The molecule has 0 spiro atoms. The first-order valence-corrected chi connectivity index (χ1v) is 9.94. The zero-order chi connectivity index (χ0) is 21.1. The van der Waals surface area contributed by atoms with Crippen LogP contribution < -0.4 is 14.8 Å². The Labute approximate surface area is 176 Å². The summed E-state index contributed by atoms with van der Waals surface area (Å²) in [5.74, 6) is 1.57. The summed E-state index contributed by atoms with van der Waals surface area (Å²) in [6, 6.07) is 8.33. The van der Waals surface area contributed by atoms with Crippen LogP contribution in [0, 0.1) is 12.7 Å². The van der Waals surface area contributed by atoms with Crippen LogP contribution in [0.2, 0.25) is 0 Å². The number of halogens is 1. The lowest BCUT2D eigenvalue weighted by molar-refractivity contribution is 0.249. The quantitative estimate of drug-likeness (QED) is 0.488. The zero-order valence-electron chi connectivity index (χ0n) is 16.6. The van der Waals surface area contributed by atoms with Gasteiger partial charge in [0.2, 0.25) is 5.88 Å². The van der Waals surface area contributed by atoms with E-state index in [0.29, 0.717) is 47.4 Å². The van der Waals surface area contributed by atoms with E-state index in [9.17, 15) is 9.50 Å². The molecule has 0 saturated carbocycles. The third kappa shape index (κ3) is 2.69. The van der Waals surface area contributed by atoms with Crippen molar-refractivity contribution in [2.45, 2.75) is 19.4 Å². The molecule has 6 rings (SSSR count). The van der Waals surface area contributed by atoms with Crippen molar-refractivity contribution in [1.82, 2.24) is 19.6 Å². The number of aromatic nitrogens is 4. The van der Waals surface area contributed by atoms with Gasteiger partial charge in [-0.25, -0.2) is 9.37 Å². The van der Waals surface area contributed by atoms with E-state index in [2.05, 4.69) is 20.5 Å². The first-order chi connectivity index (χ1) is 15.1. The number of nitrogens with one attached hydrogen (secondary N) is 1. The van der Waals surface area contributed by atoms with E-state index in [-0.39, 0.29) is 24.2 Å². The maximum absolute atomic E-state index is 14.7. The lowest BCUT2D eigenvalue weighted by Crippen LogP contribution is -2.13. The Morgan fingerprint density at radius 3 is 2.81 bits per heavy atom. The van der Waals surface area contributed by atoms with Gasteiger partial charge < -0.3 is 19.9 Å². The summed E-state index contributed by atoms with van der Waals surface area (Å²) in [6.45, 7) is 2.89. The Bertz CT molecular complexity index is 1350. The fourth-order valence-electron chi connectivity index (χ4n) is 4.42. The lowest BCUT2D eigenvalue weighted by Gasteiger charge is -2.17. The van der Waals surface area contributed by atoms with Gasteiger partial charge in [-0.3, -0.25) is 4.40 Å². The molecule has 2 aliphatic heterocycles. The predicted molar refractivity (Wildman–Crippen MR) is 110 cm³/mol. The highest BCUT2D eigenvalue weighted by Gasteiger charge is 2.31. The van der Waals surface area contributed by atoms with Gasteiger partial charge in [-0.05, 0) is 31.2 Å². The molecule has 5 heterocycles. The van der Waals surface area contributed by atoms with Crippen LogP contribution in [0.5, 0.6) is 17.4 Å². The van der Waals surface area contributed by atoms with Gasteiger partial charge >= 0.3 is 0 Å². The van der Waals surface area contributed by atoms with Crippen LogP contribution in [0.3, 0.4) is 0 Å². The summed E-state index contributed by atoms with van der Waals surface area (Å²) in [6.07, 6.45) is 1.59. The number of hydrogen-bond acceptors (Lipinski definition) is 7. The molecule has 2 N–H and O–H groups in total. The van der Waals surface area contributed by atoms with E-state index >= 15 is 0 Å². The largest absolute Gasteiger partial charge is 0.493 e. The van der Waals surface area contributed by atoms with Crippen LogP contribution in [0.25, 0.3) is 16.8 Å². The molecule has 156 valence electrons. The maximum atomic E-state index is 14.7. The molecule has 0 saturated heterocycles. The minimum atomic E-state index is -0.271. The molecule has 0 aliphatic carbocycles. The molecule has 1 atom stereocenters. The average Bonchev–Trinajstić information content (AvgIpc) is 3.40. The van der Waals surface area contributed by atoms with Crippen LogP contribution >= 0.6 is 0 Å². The first-order valence-electron chi connectivity index (χ1n) is 9.94. The van der Waals surface area contributed by atoms with E-state index in [1.165, 1.54) is 12.1 Å². The van der Waals surface area contributed by atoms with Gasteiger partial charge in [-0.2, -0.15) is 0 Å². The van der Waals surface area contributed by atoms with Crippen molar-refractivity contribution >= 4 is 11.5 Å². The summed E-state index contributed by atoms with van der Waals surface area (Å²) < 4.78 is 28.5. The highest BCUT2D eigenvalue weighted by atomic mass is 19.1. The minimum absolute atomic E-state index is 0.0452. The van der Waals surface area contributed by atoms with Crippen molar-refractivity contribution in [3.8, 4) is 28.5 Å². The van der Waals surface area contributed by atoms with Crippen LogP contribution in [0.4, 0.5) is 10.2 Å². The number of aromatic hydroxyl groups is 1. The number of fused-ring (bicyclic) bond motifs is 3. The molecule has 1 unspecified atom stereocenters. The molecular formula is C22H18FN5O3. The predicted octanol–water partition coefficient (Wildman–Crippen LogP) is 3.42. The second-order valence-corrected chi connectivity index (χ2v) is 7.71. The van der Waals surface area contributed by atoms with Crippen molar-refractivity contribution in [2.75, 3.05) is 18.5 Å². The number of hydrogen-bond donors (Lipinski definition) is 2. The van der Waals surface area contributed by atoms with Crippen LogP contribution in [-0.4, -0.2) is 37.9 Å². The smallest absolute Gasteiger partial charge is 0.210 e. The molecule has 9 heteroatoms. The Morgan fingerprint density at radius 2 is 1.97 bits per heavy atom. The fraction of sp³-hybridized carbons (Fsp3) is 0.227. The van der Waals surface area contributed by atoms with E-state index in [4.69, 9.17) is 9.47 Å². The molecule has 0 bridgehead atoms. The first kappa shape index (κ1) is 17.9. The molecule has 2 aliphatic rings. The van der Waals surface area contributed by atoms with E-state index < -0.39 is 0 Å². The average molecular weight is 419 g/mol. The number of rotatable bonds is 1. The van der Waals surface area contributed by atoms with Crippen molar-refractivity contribution in [3.05, 3.63) is 59.3 Å². The number of anilines is 1. The molecule has 3 aromatic heterocycles. The summed E-state index contributed by atoms with van der Waals surface area (Å²) in [4.78, 5) is 4.15. The number of ether oxygens (including phenoxy) is 2. The van der Waals surface area contributed by atoms with Crippen LogP contribution in [0.1, 0.15) is 22.7 Å². The maximum Gasteiger partial charge on any atom is 0.210 e. The van der Waals surface area contributed by atoms with Crippen LogP contribution in [0.15, 0.2) is 36.7 Å². The topological polar surface area (TPSA) is 93.8 Å². The van der Waals surface area contributed by atoms with E-state index in [1.54, 1.807) is 22.9 Å². The minimum Gasteiger partial charge on any atom is -0.493 e. The van der Waals surface area contributed by atoms with E-state index in [1.807, 2.05) is 13.0 Å². The molecule has 0 fully saturated rings. The van der Waals surface area contributed by atoms with Gasteiger partial charge in [0.05, 0.1) is 19.1 Å². The standard InChI is InChI=1S/C22H18FN5O3/c1-11-13(2-5-19(29)26-11)14-6-18-22(28-10-25-27-21(14)28)24-7-15-16(23)3-4-17-20(15)12(8-30-17)9-31-18/h2-6,10,12,24H,7-9H2,1H3,(H,26,29). The lowest BCUT2D eigenvalue weighted by atomic mass is 9.96. The summed E-state index contributed by atoms with van der Waals surface area (Å²) in [5.41, 5.74) is 4.28. The number of aryl methyl sites for hydroxylation is 1. The highest BCUT2D eigenvalue weighted by Crippen LogP contribution is 2.42. The zero-order valence-corrected chi connectivity index (χ0v) is 16.6. The van der Waals surface area contributed by atoms with Gasteiger partial charge in [-0.1, -0.05) is 0 Å². The third-order valence-corrected chi connectivity index (χ3v) is 5.88. The highest BCUT2D eigenvalue weighted by molar-refractivity contribution is 5.83. The third-order valence-electron chi connectivity index (χ3n) is 5.88. The van der Waals surface area contributed by atoms with Gasteiger partial charge in [0.1, 0.15) is 17.9 Å². The molecule has 31 heavy (non-hydrogen) atoms. The van der Waals surface area contributed by atoms with Gasteiger partial charge in [-0.15, -0.1) is 10.2 Å². The Kier molecular flexibility index (Phi) is 3.80. The molecule has 0 amide bonds. The molecular weight excluding hydrogens is 401 g/mol. The summed E-state index contributed by atoms with van der Waals surface area (Å²) in [7, 11) is 0. The second kappa shape index (κ2) is 6.56. The molecule has 0 radical (unpaired) electrons. The molecule has 4 aromatic rings. The van der Waals surface area contributed by atoms with Gasteiger partial charge in [0.15, 0.2) is 17.2 Å². The van der Waals surface area contributed by atoms with Crippen molar-refractivity contribution < 1.29 is 19.0 Å². The fourth-order valence-corrected chi connectivity index (χ4v) is 4.42. The van der Waals surface area contributed by atoms with Gasteiger partial charge in [0, 0.05) is 40.6 Å². The molecule has 1 aromatic carbocycles. The Balaban J connectivity index is 1.53.